The van der Waals surface area contributed by atoms with Gasteiger partial charge in [0.25, 0.3) is 5.91 Å². The second kappa shape index (κ2) is 6.32. The topological polar surface area (TPSA) is 43.8 Å². The predicted molar refractivity (Wildman–Crippen MR) is 85.8 cm³/mol. The number of aliphatic hydroxyl groups is 1. The third-order valence-electron chi connectivity index (χ3n) is 3.90. The van der Waals surface area contributed by atoms with Gasteiger partial charge >= 0.3 is 0 Å². The molecule has 118 valence electrons. The van der Waals surface area contributed by atoms with Gasteiger partial charge in [0.2, 0.25) is 0 Å². The zero-order valence-electron chi connectivity index (χ0n) is 12.5. The molecule has 1 aliphatic heterocycles. The predicted octanol–water partition coefficient (Wildman–Crippen LogP) is 2.18. The molecule has 0 spiro atoms. The molecule has 22 heavy (non-hydrogen) atoms. The lowest BCUT2D eigenvalue weighted by atomic mass is 10.2. The zero-order valence-corrected chi connectivity index (χ0v) is 13.3. The number of amides is 1. The van der Waals surface area contributed by atoms with E-state index in [2.05, 4.69) is 4.90 Å². The molecule has 0 unspecified atom stereocenters. The standard InChI is InChI=1S/C16H19FN2O2S/c1-11(20)10-18-5-7-19(8-6-18)16(21)15-9-12-13(17)3-2-4-14(12)22-15/h2-4,9,11,20H,5-8,10H2,1H3/t11-/m0/s1. The Balaban J connectivity index is 1.70. The molecular weight excluding hydrogens is 303 g/mol. The quantitative estimate of drug-likeness (QED) is 0.942. The smallest absolute Gasteiger partial charge is 0.264 e. The summed E-state index contributed by atoms with van der Waals surface area (Å²) >= 11 is 1.34. The van der Waals surface area contributed by atoms with Gasteiger partial charge in [0, 0.05) is 42.8 Å². The Morgan fingerprint density at radius 3 is 2.73 bits per heavy atom. The van der Waals surface area contributed by atoms with Crippen LogP contribution in [-0.4, -0.2) is 59.6 Å². The first-order valence-electron chi connectivity index (χ1n) is 7.42. The Labute approximate surface area is 132 Å². The molecule has 1 atom stereocenters. The maximum absolute atomic E-state index is 13.7. The molecule has 0 radical (unpaired) electrons. The number of carbonyl (C=O) groups is 1. The molecule has 0 saturated carbocycles. The van der Waals surface area contributed by atoms with E-state index in [0.29, 0.717) is 29.9 Å². The van der Waals surface area contributed by atoms with Crippen molar-refractivity contribution in [3.8, 4) is 0 Å². The van der Waals surface area contributed by atoms with Crippen molar-refractivity contribution in [2.45, 2.75) is 13.0 Å². The van der Waals surface area contributed by atoms with E-state index in [9.17, 15) is 14.3 Å². The van der Waals surface area contributed by atoms with E-state index in [1.165, 1.54) is 17.4 Å². The maximum atomic E-state index is 13.7. The first kappa shape index (κ1) is 15.4. The molecule has 4 nitrogen and oxygen atoms in total. The first-order chi connectivity index (χ1) is 10.5. The van der Waals surface area contributed by atoms with Crippen LogP contribution in [0.15, 0.2) is 24.3 Å². The molecule has 2 heterocycles. The molecule has 1 N–H and O–H groups in total. The minimum atomic E-state index is -0.354. The van der Waals surface area contributed by atoms with Gasteiger partial charge in [-0.3, -0.25) is 9.69 Å². The SMILES string of the molecule is C[C@H](O)CN1CCN(C(=O)c2cc3c(F)cccc3s2)CC1. The van der Waals surface area contributed by atoms with Crippen molar-refractivity contribution in [2.75, 3.05) is 32.7 Å². The summed E-state index contributed by atoms with van der Waals surface area (Å²) in [5.41, 5.74) is 0. The molecule has 1 fully saturated rings. The molecule has 0 aliphatic carbocycles. The molecule has 1 aromatic heterocycles. The lowest BCUT2D eigenvalue weighted by molar-refractivity contribution is 0.0558. The summed E-state index contributed by atoms with van der Waals surface area (Å²) in [5.74, 6) is -0.313. The highest BCUT2D eigenvalue weighted by molar-refractivity contribution is 7.20. The van der Waals surface area contributed by atoms with Gasteiger partial charge in [-0.15, -0.1) is 11.3 Å². The minimum Gasteiger partial charge on any atom is -0.392 e. The molecule has 1 amide bonds. The number of hydrogen-bond donors (Lipinski definition) is 1. The van der Waals surface area contributed by atoms with E-state index in [-0.39, 0.29) is 17.8 Å². The van der Waals surface area contributed by atoms with Crippen LogP contribution in [0.4, 0.5) is 4.39 Å². The van der Waals surface area contributed by atoms with Crippen LogP contribution in [0, 0.1) is 5.82 Å². The summed E-state index contributed by atoms with van der Waals surface area (Å²) in [5, 5.41) is 9.93. The highest BCUT2D eigenvalue weighted by atomic mass is 32.1. The van der Waals surface area contributed by atoms with Crippen LogP contribution < -0.4 is 0 Å². The fraction of sp³-hybridized carbons (Fsp3) is 0.438. The third kappa shape index (κ3) is 3.14. The van der Waals surface area contributed by atoms with Gasteiger partial charge < -0.3 is 10.0 Å². The Bertz CT molecular complexity index is 678. The summed E-state index contributed by atoms with van der Waals surface area (Å²) in [6.45, 7) is 5.20. The largest absolute Gasteiger partial charge is 0.392 e. The van der Waals surface area contributed by atoms with Crippen LogP contribution in [0.1, 0.15) is 16.6 Å². The molecule has 3 rings (SSSR count). The second-order valence-electron chi connectivity index (χ2n) is 5.70. The summed E-state index contributed by atoms with van der Waals surface area (Å²) in [6.07, 6.45) is -0.354. The van der Waals surface area contributed by atoms with Gasteiger partial charge in [0.15, 0.2) is 0 Å². The summed E-state index contributed by atoms with van der Waals surface area (Å²) in [7, 11) is 0. The number of rotatable bonds is 3. The minimum absolute atomic E-state index is 0.0303. The lowest BCUT2D eigenvalue weighted by Gasteiger charge is -2.35. The van der Waals surface area contributed by atoms with E-state index in [0.717, 1.165) is 17.8 Å². The Kier molecular flexibility index (Phi) is 4.42. The van der Waals surface area contributed by atoms with E-state index in [1.54, 1.807) is 24.0 Å². The zero-order chi connectivity index (χ0) is 15.7. The average molecular weight is 322 g/mol. The summed E-state index contributed by atoms with van der Waals surface area (Å²) in [6, 6.07) is 6.57. The number of fused-ring (bicyclic) bond motifs is 1. The third-order valence-corrected chi connectivity index (χ3v) is 4.99. The van der Waals surface area contributed by atoms with Gasteiger partial charge in [-0.1, -0.05) is 6.07 Å². The second-order valence-corrected chi connectivity index (χ2v) is 6.79. The number of carbonyl (C=O) groups excluding carboxylic acids is 1. The van der Waals surface area contributed by atoms with Crippen molar-refractivity contribution in [2.24, 2.45) is 0 Å². The van der Waals surface area contributed by atoms with Crippen molar-refractivity contribution in [3.05, 3.63) is 35.0 Å². The Hall–Kier alpha value is -1.50. The number of hydrogen-bond acceptors (Lipinski definition) is 4. The Morgan fingerprint density at radius 1 is 1.36 bits per heavy atom. The number of nitrogens with zero attached hydrogens (tertiary/aromatic N) is 2. The fourth-order valence-corrected chi connectivity index (χ4v) is 3.84. The fourth-order valence-electron chi connectivity index (χ4n) is 2.79. The molecule has 2 aromatic rings. The van der Waals surface area contributed by atoms with Gasteiger partial charge in [-0.2, -0.15) is 0 Å². The van der Waals surface area contributed by atoms with Crippen molar-refractivity contribution in [3.63, 3.8) is 0 Å². The summed E-state index contributed by atoms with van der Waals surface area (Å²) in [4.78, 5) is 17.1. The average Bonchev–Trinajstić information content (AvgIpc) is 2.92. The van der Waals surface area contributed by atoms with E-state index in [1.807, 2.05) is 6.07 Å². The van der Waals surface area contributed by atoms with Crippen molar-refractivity contribution >= 4 is 27.3 Å². The van der Waals surface area contributed by atoms with Crippen LogP contribution in [0.25, 0.3) is 10.1 Å². The van der Waals surface area contributed by atoms with Gasteiger partial charge in [-0.05, 0) is 25.1 Å². The number of thiophene rings is 1. The summed E-state index contributed by atoms with van der Waals surface area (Å²) < 4.78 is 14.5. The molecule has 1 aromatic carbocycles. The van der Waals surface area contributed by atoms with Crippen molar-refractivity contribution < 1.29 is 14.3 Å². The molecule has 1 saturated heterocycles. The van der Waals surface area contributed by atoms with Crippen LogP contribution >= 0.6 is 11.3 Å². The Morgan fingerprint density at radius 2 is 2.09 bits per heavy atom. The maximum Gasteiger partial charge on any atom is 0.264 e. The van der Waals surface area contributed by atoms with E-state index < -0.39 is 0 Å². The van der Waals surface area contributed by atoms with Crippen LogP contribution in [0.2, 0.25) is 0 Å². The molecule has 1 aliphatic rings. The molecule has 0 bridgehead atoms. The van der Waals surface area contributed by atoms with Crippen LogP contribution in [0.3, 0.4) is 0 Å². The number of benzene rings is 1. The van der Waals surface area contributed by atoms with Crippen LogP contribution in [-0.2, 0) is 0 Å². The number of aliphatic hydroxyl groups excluding tert-OH is 1. The van der Waals surface area contributed by atoms with Crippen molar-refractivity contribution in [1.82, 2.24) is 9.80 Å². The van der Waals surface area contributed by atoms with E-state index >= 15 is 0 Å². The highest BCUT2D eigenvalue weighted by Crippen LogP contribution is 2.28. The van der Waals surface area contributed by atoms with Crippen molar-refractivity contribution in [1.29, 1.82) is 0 Å². The van der Waals surface area contributed by atoms with Gasteiger partial charge in [-0.25, -0.2) is 4.39 Å². The molecular formula is C16H19FN2O2S. The first-order valence-corrected chi connectivity index (χ1v) is 8.24. The monoisotopic (exact) mass is 322 g/mol. The van der Waals surface area contributed by atoms with Gasteiger partial charge in [0.1, 0.15) is 5.82 Å². The highest BCUT2D eigenvalue weighted by Gasteiger charge is 2.24. The number of β-amino-alcohol motifs (C(OH)–C–C–N with tert-alkyl or cyclic N) is 1. The number of halogens is 1. The normalized spacial score (nSPS) is 17.9. The van der Waals surface area contributed by atoms with Gasteiger partial charge in [0.05, 0.1) is 11.0 Å². The van der Waals surface area contributed by atoms with Crippen LogP contribution in [0.5, 0.6) is 0 Å². The van der Waals surface area contributed by atoms with E-state index in [4.69, 9.17) is 0 Å². The molecule has 6 heteroatoms. The number of piperazine rings is 1. The lowest BCUT2D eigenvalue weighted by Crippen LogP contribution is -2.50.